The molecule has 0 aliphatic rings. The molecule has 0 amide bonds. The van der Waals surface area contributed by atoms with Gasteiger partial charge in [-0.25, -0.2) is 4.39 Å². The highest BCUT2D eigenvalue weighted by molar-refractivity contribution is 9.10. The molecule has 0 aliphatic carbocycles. The number of hydrogen-bond donors (Lipinski definition) is 1. The summed E-state index contributed by atoms with van der Waals surface area (Å²) in [4.78, 5) is 0. The van der Waals surface area contributed by atoms with Gasteiger partial charge < -0.3 is 9.73 Å². The van der Waals surface area contributed by atoms with Crippen LogP contribution in [0.25, 0.3) is 0 Å². The van der Waals surface area contributed by atoms with Crippen molar-refractivity contribution in [1.82, 2.24) is 10.2 Å². The highest BCUT2D eigenvalue weighted by Crippen LogP contribution is 2.31. The Kier molecular flexibility index (Phi) is 3.63. The van der Waals surface area contributed by atoms with Crippen LogP contribution in [0.1, 0.15) is 11.8 Å². The Hall–Kier alpha value is -1.14. The number of aryl methyl sites for hydroxylation is 1. The molecule has 1 aromatic carbocycles. The average molecular weight is 321 g/mol. The quantitative estimate of drug-likeness (QED) is 0.939. The molecule has 4 nitrogen and oxygen atoms in total. The van der Waals surface area contributed by atoms with E-state index in [0.717, 1.165) is 0 Å². The molecule has 0 saturated carbocycles. The maximum absolute atomic E-state index is 13.0. The molecule has 0 atom stereocenters. The molecule has 2 aromatic rings. The second-order valence-corrected chi connectivity index (χ2v) is 4.57. The van der Waals surface area contributed by atoms with Crippen molar-refractivity contribution in [2.75, 3.05) is 5.32 Å². The predicted molar refractivity (Wildman–Crippen MR) is 65.5 cm³/mol. The number of anilines is 1. The SMILES string of the molecule is Cc1nnc(CNc2c(Cl)cc(F)cc2Br)o1. The molecule has 0 saturated heterocycles. The maximum atomic E-state index is 13.0. The summed E-state index contributed by atoms with van der Waals surface area (Å²) < 4.78 is 18.7. The number of nitrogens with one attached hydrogen (secondary N) is 1. The normalized spacial score (nSPS) is 10.6. The predicted octanol–water partition coefficient (Wildman–Crippen LogP) is 3.55. The number of rotatable bonds is 3. The molecule has 90 valence electrons. The Morgan fingerprint density at radius 2 is 2.24 bits per heavy atom. The van der Waals surface area contributed by atoms with Crippen molar-refractivity contribution in [3.63, 3.8) is 0 Å². The third kappa shape index (κ3) is 2.95. The summed E-state index contributed by atoms with van der Waals surface area (Å²) in [7, 11) is 0. The van der Waals surface area contributed by atoms with Crippen molar-refractivity contribution in [2.45, 2.75) is 13.5 Å². The van der Waals surface area contributed by atoms with Crippen LogP contribution in [0.15, 0.2) is 21.0 Å². The minimum atomic E-state index is -0.402. The number of halogens is 3. The molecule has 0 aliphatic heterocycles. The molecule has 1 aromatic heterocycles. The number of hydrogen-bond acceptors (Lipinski definition) is 4. The van der Waals surface area contributed by atoms with Crippen LogP contribution in [0.2, 0.25) is 5.02 Å². The van der Waals surface area contributed by atoms with Gasteiger partial charge in [0.2, 0.25) is 11.8 Å². The molecule has 0 unspecified atom stereocenters. The Balaban J connectivity index is 2.14. The minimum Gasteiger partial charge on any atom is -0.424 e. The van der Waals surface area contributed by atoms with E-state index >= 15 is 0 Å². The van der Waals surface area contributed by atoms with Gasteiger partial charge in [0.25, 0.3) is 0 Å². The molecular weight excluding hydrogens is 312 g/mol. The fraction of sp³-hybridized carbons (Fsp3) is 0.200. The van der Waals surface area contributed by atoms with Crippen LogP contribution in [0.5, 0.6) is 0 Å². The lowest BCUT2D eigenvalue weighted by Crippen LogP contribution is -2.01. The van der Waals surface area contributed by atoms with Crippen LogP contribution in [0.4, 0.5) is 10.1 Å². The van der Waals surface area contributed by atoms with Crippen molar-refractivity contribution >= 4 is 33.2 Å². The summed E-state index contributed by atoms with van der Waals surface area (Å²) in [5, 5.41) is 10.8. The van der Waals surface area contributed by atoms with Gasteiger partial charge in [-0.15, -0.1) is 10.2 Å². The first-order valence-corrected chi connectivity index (χ1v) is 5.91. The van der Waals surface area contributed by atoms with Crippen molar-refractivity contribution < 1.29 is 8.81 Å². The highest BCUT2D eigenvalue weighted by atomic mass is 79.9. The molecule has 17 heavy (non-hydrogen) atoms. The first-order chi connectivity index (χ1) is 8.06. The summed E-state index contributed by atoms with van der Waals surface area (Å²) in [5.74, 6) is 0.530. The maximum Gasteiger partial charge on any atom is 0.235 e. The second kappa shape index (κ2) is 5.01. The van der Waals surface area contributed by atoms with Crippen LogP contribution < -0.4 is 5.32 Å². The van der Waals surface area contributed by atoms with Crippen molar-refractivity contribution in [3.05, 3.63) is 39.2 Å². The minimum absolute atomic E-state index is 0.285. The van der Waals surface area contributed by atoms with Gasteiger partial charge in [-0.1, -0.05) is 11.6 Å². The lowest BCUT2D eigenvalue weighted by atomic mass is 10.3. The van der Waals surface area contributed by atoms with E-state index in [9.17, 15) is 4.39 Å². The van der Waals surface area contributed by atoms with Gasteiger partial charge in [-0.3, -0.25) is 0 Å². The number of aromatic nitrogens is 2. The van der Waals surface area contributed by atoms with Gasteiger partial charge in [-0.2, -0.15) is 0 Å². The number of nitrogens with zero attached hydrogens (tertiary/aromatic N) is 2. The van der Waals surface area contributed by atoms with Gasteiger partial charge in [-0.05, 0) is 28.1 Å². The molecule has 1 heterocycles. The van der Waals surface area contributed by atoms with Gasteiger partial charge >= 0.3 is 0 Å². The zero-order valence-corrected chi connectivity index (χ0v) is 11.1. The average Bonchev–Trinajstić information content (AvgIpc) is 2.62. The molecule has 0 bridgehead atoms. The Morgan fingerprint density at radius 1 is 1.47 bits per heavy atom. The Morgan fingerprint density at radius 3 is 2.82 bits per heavy atom. The van der Waals surface area contributed by atoms with Crippen LogP contribution in [0.3, 0.4) is 0 Å². The Labute approximate surface area is 110 Å². The zero-order valence-electron chi connectivity index (χ0n) is 8.80. The second-order valence-electron chi connectivity index (χ2n) is 3.31. The Bertz CT molecular complexity index is 523. The van der Waals surface area contributed by atoms with Crippen molar-refractivity contribution in [1.29, 1.82) is 0 Å². The van der Waals surface area contributed by atoms with Crippen LogP contribution in [-0.2, 0) is 6.54 Å². The third-order valence-electron chi connectivity index (χ3n) is 1.99. The standard InChI is InChI=1S/C10H8BrClFN3O/c1-5-15-16-9(17-5)4-14-10-7(11)2-6(13)3-8(10)12/h2-3,14H,4H2,1H3. The van der Waals surface area contributed by atoms with Gasteiger partial charge in [0.15, 0.2) is 0 Å². The van der Waals surface area contributed by atoms with E-state index in [0.29, 0.717) is 28.5 Å². The first-order valence-electron chi connectivity index (χ1n) is 4.73. The van der Waals surface area contributed by atoms with Crippen LogP contribution >= 0.6 is 27.5 Å². The summed E-state index contributed by atoms with van der Waals surface area (Å²) in [5.41, 5.74) is 0.587. The van der Waals surface area contributed by atoms with Crippen LogP contribution in [0, 0.1) is 12.7 Å². The largest absolute Gasteiger partial charge is 0.424 e. The highest BCUT2D eigenvalue weighted by Gasteiger charge is 2.09. The topological polar surface area (TPSA) is 51.0 Å². The molecule has 0 radical (unpaired) electrons. The van der Waals surface area contributed by atoms with E-state index in [1.165, 1.54) is 12.1 Å². The molecule has 7 heteroatoms. The van der Waals surface area contributed by atoms with Gasteiger partial charge in [0.05, 0.1) is 17.3 Å². The van der Waals surface area contributed by atoms with E-state index in [1.807, 2.05) is 0 Å². The molecule has 0 spiro atoms. The summed E-state index contributed by atoms with van der Waals surface area (Å²) in [6, 6.07) is 2.56. The fourth-order valence-electron chi connectivity index (χ4n) is 1.28. The van der Waals surface area contributed by atoms with Crippen molar-refractivity contribution in [3.8, 4) is 0 Å². The van der Waals surface area contributed by atoms with Gasteiger partial charge in [0.1, 0.15) is 5.82 Å². The molecule has 0 fully saturated rings. The van der Waals surface area contributed by atoms with E-state index in [-0.39, 0.29) is 5.02 Å². The van der Waals surface area contributed by atoms with E-state index in [1.54, 1.807) is 6.92 Å². The van der Waals surface area contributed by atoms with Crippen molar-refractivity contribution in [2.24, 2.45) is 0 Å². The fourth-order valence-corrected chi connectivity index (χ4v) is 2.24. The van der Waals surface area contributed by atoms with Gasteiger partial charge in [0, 0.05) is 11.4 Å². The summed E-state index contributed by atoms with van der Waals surface area (Å²) >= 11 is 9.13. The summed E-state index contributed by atoms with van der Waals surface area (Å²) in [6.45, 7) is 2.03. The smallest absolute Gasteiger partial charge is 0.235 e. The lowest BCUT2D eigenvalue weighted by molar-refractivity contribution is 0.475. The monoisotopic (exact) mass is 319 g/mol. The number of benzene rings is 1. The lowest BCUT2D eigenvalue weighted by Gasteiger charge is -2.08. The molecular formula is C10H8BrClFN3O. The molecule has 1 N–H and O–H groups in total. The van der Waals surface area contributed by atoms with Crippen LogP contribution in [-0.4, -0.2) is 10.2 Å². The third-order valence-corrected chi connectivity index (χ3v) is 2.91. The van der Waals surface area contributed by atoms with E-state index in [4.69, 9.17) is 16.0 Å². The van der Waals surface area contributed by atoms with E-state index in [2.05, 4.69) is 31.4 Å². The molecule has 2 rings (SSSR count). The summed E-state index contributed by atoms with van der Waals surface area (Å²) in [6.07, 6.45) is 0. The first kappa shape index (κ1) is 12.3. The zero-order chi connectivity index (χ0) is 12.4. The van der Waals surface area contributed by atoms with E-state index < -0.39 is 5.82 Å².